The minimum absolute atomic E-state index is 0.299. The predicted octanol–water partition coefficient (Wildman–Crippen LogP) is 6.20. The fourth-order valence-electron chi connectivity index (χ4n) is 4.16. The first-order valence-electron chi connectivity index (χ1n) is 9.50. The normalized spacial score (nSPS) is 18.9. The molecule has 0 bridgehead atoms. The van der Waals surface area contributed by atoms with E-state index in [0.717, 1.165) is 5.92 Å². The summed E-state index contributed by atoms with van der Waals surface area (Å²) in [6.07, 6.45) is 10.4. The van der Waals surface area contributed by atoms with Crippen molar-refractivity contribution in [3.05, 3.63) is 58.3 Å². The van der Waals surface area contributed by atoms with Crippen molar-refractivity contribution >= 4 is 8.07 Å². The van der Waals surface area contributed by atoms with Crippen LogP contribution in [-0.2, 0) is 0 Å². The van der Waals surface area contributed by atoms with Gasteiger partial charge in [-0.2, -0.15) is 0 Å². The van der Waals surface area contributed by atoms with E-state index in [9.17, 15) is 0 Å². The summed E-state index contributed by atoms with van der Waals surface area (Å²) in [5.74, 6) is 0.753. The molecule has 0 heterocycles. The average Bonchev–Trinajstić information content (AvgIpc) is 3.05. The molecule has 1 fully saturated rings. The molecule has 0 amide bonds. The standard InChI is InChI=1S/C22H35NSi/c1-7-22(24(4,5)6)20(18-13-9-10-14-18)16-21(23-3)19-15-11-8-12-17(19)2/h7-8,11-12,15-16,18,21,23H,9-10,13-14H2,1-6H3/b20-16-,22-7+. The molecule has 0 aliphatic heterocycles. The highest BCUT2D eigenvalue weighted by molar-refractivity contribution is 6.84. The maximum atomic E-state index is 3.56. The van der Waals surface area contributed by atoms with Crippen molar-refractivity contribution in [2.75, 3.05) is 7.05 Å². The first-order chi connectivity index (χ1) is 11.4. The van der Waals surface area contributed by atoms with Gasteiger partial charge in [-0.25, -0.2) is 0 Å². The van der Waals surface area contributed by atoms with E-state index in [0.29, 0.717) is 6.04 Å². The third-order valence-corrected chi connectivity index (χ3v) is 7.58. The second kappa shape index (κ2) is 8.31. The summed E-state index contributed by atoms with van der Waals surface area (Å²) < 4.78 is 0. The van der Waals surface area contributed by atoms with Gasteiger partial charge in [-0.05, 0) is 56.4 Å². The molecule has 0 radical (unpaired) electrons. The summed E-state index contributed by atoms with van der Waals surface area (Å²) >= 11 is 0. The zero-order chi connectivity index (χ0) is 17.7. The second-order valence-corrected chi connectivity index (χ2v) is 13.2. The van der Waals surface area contributed by atoms with Crippen LogP contribution in [0.5, 0.6) is 0 Å². The molecule has 132 valence electrons. The summed E-state index contributed by atoms with van der Waals surface area (Å²) in [5, 5.41) is 5.21. The summed E-state index contributed by atoms with van der Waals surface area (Å²) in [4.78, 5) is 0. The maximum absolute atomic E-state index is 3.56. The van der Waals surface area contributed by atoms with Gasteiger partial charge in [0.1, 0.15) is 0 Å². The van der Waals surface area contributed by atoms with Crippen LogP contribution in [0.2, 0.25) is 19.6 Å². The quantitative estimate of drug-likeness (QED) is 0.480. The van der Waals surface area contributed by atoms with Crippen molar-refractivity contribution in [2.24, 2.45) is 5.92 Å². The van der Waals surface area contributed by atoms with Crippen LogP contribution in [-0.4, -0.2) is 15.1 Å². The van der Waals surface area contributed by atoms with Gasteiger partial charge in [-0.15, -0.1) is 0 Å². The lowest BCUT2D eigenvalue weighted by Crippen LogP contribution is -2.28. The van der Waals surface area contributed by atoms with E-state index in [-0.39, 0.29) is 0 Å². The van der Waals surface area contributed by atoms with Crippen LogP contribution in [0.1, 0.15) is 49.8 Å². The predicted molar refractivity (Wildman–Crippen MR) is 110 cm³/mol. The highest BCUT2D eigenvalue weighted by Gasteiger charge is 2.29. The van der Waals surface area contributed by atoms with E-state index in [1.165, 1.54) is 36.8 Å². The molecule has 24 heavy (non-hydrogen) atoms. The highest BCUT2D eigenvalue weighted by atomic mass is 28.3. The molecule has 1 aromatic carbocycles. The topological polar surface area (TPSA) is 12.0 Å². The Morgan fingerprint density at radius 3 is 2.29 bits per heavy atom. The van der Waals surface area contributed by atoms with Crippen LogP contribution in [0.15, 0.2) is 47.2 Å². The summed E-state index contributed by atoms with van der Waals surface area (Å²) in [6.45, 7) is 11.9. The van der Waals surface area contributed by atoms with Crippen molar-refractivity contribution < 1.29 is 0 Å². The Kier molecular flexibility index (Phi) is 6.65. The molecule has 1 atom stereocenters. The molecule has 2 rings (SSSR count). The van der Waals surface area contributed by atoms with Crippen LogP contribution >= 0.6 is 0 Å². The molecule has 1 aliphatic carbocycles. The highest BCUT2D eigenvalue weighted by Crippen LogP contribution is 2.39. The number of likely N-dealkylation sites (N-methyl/N-ethyl adjacent to an activating group) is 1. The van der Waals surface area contributed by atoms with Gasteiger partial charge in [0, 0.05) is 0 Å². The van der Waals surface area contributed by atoms with E-state index >= 15 is 0 Å². The van der Waals surface area contributed by atoms with Crippen molar-refractivity contribution in [2.45, 2.75) is 65.2 Å². The van der Waals surface area contributed by atoms with Crippen LogP contribution < -0.4 is 5.32 Å². The Morgan fingerprint density at radius 2 is 1.79 bits per heavy atom. The van der Waals surface area contributed by atoms with Gasteiger partial charge >= 0.3 is 0 Å². The van der Waals surface area contributed by atoms with E-state index < -0.39 is 8.07 Å². The first kappa shape index (κ1) is 19.2. The molecule has 2 heteroatoms. The molecule has 0 aromatic heterocycles. The number of benzene rings is 1. The Labute approximate surface area is 150 Å². The summed E-state index contributed by atoms with van der Waals surface area (Å²) in [7, 11) is 0.741. The van der Waals surface area contributed by atoms with Crippen molar-refractivity contribution in [3.63, 3.8) is 0 Å². The monoisotopic (exact) mass is 341 g/mol. The first-order valence-corrected chi connectivity index (χ1v) is 13.0. The number of rotatable bonds is 6. The Balaban J connectivity index is 2.48. The van der Waals surface area contributed by atoms with E-state index in [2.05, 4.69) is 82.3 Å². The maximum Gasteiger partial charge on any atom is 0.0775 e. The van der Waals surface area contributed by atoms with Gasteiger partial charge in [0.05, 0.1) is 14.1 Å². The third-order valence-electron chi connectivity index (χ3n) is 5.38. The lowest BCUT2D eigenvalue weighted by molar-refractivity contribution is 0.631. The van der Waals surface area contributed by atoms with Gasteiger partial charge in [0.2, 0.25) is 0 Å². The van der Waals surface area contributed by atoms with Crippen molar-refractivity contribution in [3.8, 4) is 0 Å². The molecular weight excluding hydrogens is 306 g/mol. The fourth-order valence-corrected chi connectivity index (χ4v) is 6.18. The minimum atomic E-state index is -1.35. The van der Waals surface area contributed by atoms with Crippen LogP contribution in [0.3, 0.4) is 0 Å². The molecule has 0 spiro atoms. The van der Waals surface area contributed by atoms with E-state index in [1.54, 1.807) is 10.8 Å². The smallest absolute Gasteiger partial charge is 0.0775 e. The number of aryl methyl sites for hydroxylation is 1. The molecule has 1 unspecified atom stereocenters. The number of nitrogens with one attached hydrogen (secondary N) is 1. The lowest BCUT2D eigenvalue weighted by Gasteiger charge is -2.29. The molecule has 1 N–H and O–H groups in total. The van der Waals surface area contributed by atoms with Gasteiger partial charge in [-0.1, -0.05) is 74.1 Å². The second-order valence-electron chi connectivity index (χ2n) is 8.18. The summed E-state index contributed by atoms with van der Waals surface area (Å²) in [6, 6.07) is 9.08. The molecule has 1 aromatic rings. The SMILES string of the molecule is C/C=C(\C(=C/C(NC)c1ccccc1C)C1CCCC1)[Si](C)(C)C. The van der Waals surface area contributed by atoms with Gasteiger partial charge in [-0.3, -0.25) is 0 Å². The Morgan fingerprint density at radius 1 is 1.17 bits per heavy atom. The molecule has 1 nitrogen and oxygen atoms in total. The molecule has 1 aliphatic rings. The zero-order valence-corrected chi connectivity index (χ0v) is 17.4. The van der Waals surface area contributed by atoms with E-state index in [4.69, 9.17) is 0 Å². The molecule has 0 saturated heterocycles. The van der Waals surface area contributed by atoms with Crippen LogP contribution in [0.4, 0.5) is 0 Å². The fraction of sp³-hybridized carbons (Fsp3) is 0.545. The molecule has 1 saturated carbocycles. The Hall–Kier alpha value is -1.12. The number of hydrogen-bond acceptors (Lipinski definition) is 1. The third kappa shape index (κ3) is 4.49. The van der Waals surface area contributed by atoms with Crippen LogP contribution in [0.25, 0.3) is 0 Å². The van der Waals surface area contributed by atoms with Crippen LogP contribution in [0, 0.1) is 12.8 Å². The average molecular weight is 342 g/mol. The van der Waals surface area contributed by atoms with Crippen molar-refractivity contribution in [1.29, 1.82) is 0 Å². The Bertz CT molecular complexity index is 601. The number of hydrogen-bond donors (Lipinski definition) is 1. The largest absolute Gasteiger partial charge is 0.310 e. The number of allylic oxidation sites excluding steroid dienone is 3. The summed E-state index contributed by atoms with van der Waals surface area (Å²) in [5.41, 5.74) is 4.41. The minimum Gasteiger partial charge on any atom is -0.310 e. The van der Waals surface area contributed by atoms with E-state index in [1.807, 2.05) is 0 Å². The molecular formula is C22H35NSi. The van der Waals surface area contributed by atoms with Gasteiger partial charge in [0.15, 0.2) is 0 Å². The van der Waals surface area contributed by atoms with Gasteiger partial charge in [0.25, 0.3) is 0 Å². The van der Waals surface area contributed by atoms with Gasteiger partial charge < -0.3 is 5.32 Å². The lowest BCUT2D eigenvalue weighted by atomic mass is 9.91. The van der Waals surface area contributed by atoms with Crippen molar-refractivity contribution in [1.82, 2.24) is 5.32 Å². The zero-order valence-electron chi connectivity index (χ0n) is 16.4.